The highest BCUT2D eigenvalue weighted by Crippen LogP contribution is 2.17. The van der Waals surface area contributed by atoms with Gasteiger partial charge in [-0.2, -0.15) is 0 Å². The first-order valence-electron chi connectivity index (χ1n) is 8.90. The average molecular weight is 405 g/mol. The van der Waals surface area contributed by atoms with Crippen LogP contribution >= 0.6 is 11.8 Å². The van der Waals surface area contributed by atoms with E-state index < -0.39 is 18.0 Å². The highest BCUT2D eigenvalue weighted by atomic mass is 32.2. The summed E-state index contributed by atoms with van der Waals surface area (Å²) < 4.78 is 18.1. The SMILES string of the molecule is CSc1nc(C)c(CCC(=O)O[C@@H](C)C(=O)NCc2ccc(F)cc2)c(C)n1. The molecule has 0 bridgehead atoms. The van der Waals surface area contributed by atoms with Crippen molar-refractivity contribution in [3.8, 4) is 0 Å². The fourth-order valence-electron chi connectivity index (χ4n) is 2.63. The van der Waals surface area contributed by atoms with Gasteiger partial charge in [0.05, 0.1) is 0 Å². The number of aryl methyl sites for hydroxylation is 2. The molecule has 6 nitrogen and oxygen atoms in total. The Morgan fingerprint density at radius 2 is 1.79 bits per heavy atom. The maximum atomic E-state index is 12.9. The topological polar surface area (TPSA) is 81.2 Å². The van der Waals surface area contributed by atoms with Crippen molar-refractivity contribution in [1.29, 1.82) is 0 Å². The van der Waals surface area contributed by atoms with E-state index in [1.54, 1.807) is 12.1 Å². The summed E-state index contributed by atoms with van der Waals surface area (Å²) >= 11 is 1.47. The molecule has 1 aromatic heterocycles. The van der Waals surface area contributed by atoms with Crippen LogP contribution in [-0.2, 0) is 27.3 Å². The lowest BCUT2D eigenvalue weighted by Crippen LogP contribution is -2.35. The van der Waals surface area contributed by atoms with Crippen LogP contribution in [0.5, 0.6) is 0 Å². The van der Waals surface area contributed by atoms with Crippen LogP contribution < -0.4 is 5.32 Å². The second-order valence-electron chi connectivity index (χ2n) is 6.34. The van der Waals surface area contributed by atoms with Crippen molar-refractivity contribution >= 4 is 23.6 Å². The number of hydrogen-bond donors (Lipinski definition) is 1. The minimum atomic E-state index is -0.912. The lowest BCUT2D eigenvalue weighted by molar-refractivity contribution is -0.154. The number of carbonyl (C=O) groups excluding carboxylic acids is 2. The third kappa shape index (κ3) is 6.30. The predicted octanol–water partition coefficient (Wildman–Crippen LogP) is 3.14. The number of nitrogens with one attached hydrogen (secondary N) is 1. The Morgan fingerprint density at radius 3 is 2.36 bits per heavy atom. The van der Waals surface area contributed by atoms with Crippen LogP contribution in [0.4, 0.5) is 4.39 Å². The van der Waals surface area contributed by atoms with E-state index in [9.17, 15) is 14.0 Å². The molecule has 1 heterocycles. The summed E-state index contributed by atoms with van der Waals surface area (Å²) in [4.78, 5) is 33.0. The zero-order valence-electron chi connectivity index (χ0n) is 16.4. The van der Waals surface area contributed by atoms with Crippen LogP contribution in [0, 0.1) is 19.7 Å². The molecule has 1 aromatic carbocycles. The van der Waals surface area contributed by atoms with Gasteiger partial charge in [0, 0.05) is 24.4 Å². The van der Waals surface area contributed by atoms with Crippen LogP contribution in [0.3, 0.4) is 0 Å². The van der Waals surface area contributed by atoms with Crippen molar-refractivity contribution in [2.45, 2.75) is 51.4 Å². The van der Waals surface area contributed by atoms with Crippen LogP contribution in [0.2, 0.25) is 0 Å². The van der Waals surface area contributed by atoms with E-state index >= 15 is 0 Å². The van der Waals surface area contributed by atoms with Gasteiger partial charge in [0.1, 0.15) is 5.82 Å². The van der Waals surface area contributed by atoms with Crippen LogP contribution in [-0.4, -0.2) is 34.2 Å². The molecular weight excluding hydrogens is 381 g/mol. The molecule has 0 aliphatic rings. The summed E-state index contributed by atoms with van der Waals surface area (Å²) in [7, 11) is 0. The van der Waals surface area contributed by atoms with Gasteiger partial charge in [-0.05, 0) is 56.7 Å². The number of carbonyl (C=O) groups is 2. The van der Waals surface area contributed by atoms with Gasteiger partial charge >= 0.3 is 5.97 Å². The second-order valence-corrected chi connectivity index (χ2v) is 7.11. The third-order valence-corrected chi connectivity index (χ3v) is 4.77. The number of benzene rings is 1. The Hall–Kier alpha value is -2.48. The molecule has 0 saturated carbocycles. The summed E-state index contributed by atoms with van der Waals surface area (Å²) in [5, 5.41) is 3.37. The largest absolute Gasteiger partial charge is 0.453 e. The first kappa shape index (κ1) is 21.8. The number of ether oxygens (including phenoxy) is 1. The molecule has 28 heavy (non-hydrogen) atoms. The number of rotatable bonds is 8. The average Bonchev–Trinajstić information content (AvgIpc) is 2.66. The molecule has 8 heteroatoms. The van der Waals surface area contributed by atoms with Crippen molar-refractivity contribution in [1.82, 2.24) is 15.3 Å². The highest BCUT2D eigenvalue weighted by molar-refractivity contribution is 7.98. The maximum Gasteiger partial charge on any atom is 0.306 e. The van der Waals surface area contributed by atoms with Gasteiger partial charge in [0.25, 0.3) is 5.91 Å². The Bertz CT molecular complexity index is 820. The molecule has 1 amide bonds. The lowest BCUT2D eigenvalue weighted by Gasteiger charge is -2.14. The standard InChI is InChI=1S/C20H24FN3O3S/c1-12-17(13(2)24-20(23-12)28-4)9-10-18(25)27-14(3)19(26)22-11-15-5-7-16(21)8-6-15/h5-8,14H,9-11H2,1-4H3,(H,22,26)/t14-/m0/s1. The summed E-state index contributed by atoms with van der Waals surface area (Å²) in [6, 6.07) is 5.82. The zero-order valence-corrected chi connectivity index (χ0v) is 17.2. The van der Waals surface area contributed by atoms with Gasteiger partial charge in [-0.3, -0.25) is 9.59 Å². The molecular formula is C20H24FN3O3S. The van der Waals surface area contributed by atoms with Crippen LogP contribution in [0.1, 0.15) is 35.9 Å². The molecule has 0 radical (unpaired) electrons. The van der Waals surface area contributed by atoms with E-state index in [1.807, 2.05) is 20.1 Å². The van der Waals surface area contributed by atoms with Crippen LogP contribution in [0.25, 0.3) is 0 Å². The van der Waals surface area contributed by atoms with Gasteiger partial charge in [-0.25, -0.2) is 14.4 Å². The van der Waals surface area contributed by atoms with E-state index in [0.29, 0.717) is 11.6 Å². The fourth-order valence-corrected chi connectivity index (χ4v) is 3.09. The fraction of sp³-hybridized carbons (Fsp3) is 0.400. The number of aromatic nitrogens is 2. The molecule has 2 rings (SSSR count). The molecule has 0 unspecified atom stereocenters. The molecule has 0 aliphatic carbocycles. The normalized spacial score (nSPS) is 11.8. The summed E-state index contributed by atoms with van der Waals surface area (Å²) in [5.41, 5.74) is 3.36. The molecule has 2 aromatic rings. The van der Waals surface area contributed by atoms with E-state index in [-0.39, 0.29) is 18.8 Å². The Kier molecular flexibility index (Phi) is 7.92. The maximum absolute atomic E-state index is 12.9. The second kappa shape index (κ2) is 10.2. The third-order valence-electron chi connectivity index (χ3n) is 4.22. The minimum Gasteiger partial charge on any atom is -0.453 e. The lowest BCUT2D eigenvalue weighted by atomic mass is 10.1. The summed E-state index contributed by atoms with van der Waals surface area (Å²) in [5.74, 6) is -1.20. The summed E-state index contributed by atoms with van der Waals surface area (Å²) in [6.07, 6.45) is 1.59. The molecule has 1 N–H and O–H groups in total. The number of amides is 1. The van der Waals surface area contributed by atoms with Crippen molar-refractivity contribution in [2.24, 2.45) is 0 Å². The van der Waals surface area contributed by atoms with Gasteiger partial charge in [0.2, 0.25) is 0 Å². The van der Waals surface area contributed by atoms with Gasteiger partial charge < -0.3 is 10.1 Å². The van der Waals surface area contributed by atoms with Gasteiger partial charge in [-0.1, -0.05) is 23.9 Å². The van der Waals surface area contributed by atoms with E-state index in [2.05, 4.69) is 15.3 Å². The molecule has 0 fully saturated rings. The molecule has 1 atom stereocenters. The van der Waals surface area contributed by atoms with Gasteiger partial charge in [0.15, 0.2) is 11.3 Å². The van der Waals surface area contributed by atoms with E-state index in [0.717, 1.165) is 22.5 Å². The van der Waals surface area contributed by atoms with E-state index in [1.165, 1.54) is 30.8 Å². The van der Waals surface area contributed by atoms with Crippen molar-refractivity contribution < 1.29 is 18.7 Å². The monoisotopic (exact) mass is 405 g/mol. The zero-order chi connectivity index (χ0) is 20.7. The molecule has 0 saturated heterocycles. The first-order chi connectivity index (χ1) is 13.3. The Labute approximate surface area is 168 Å². The number of thioether (sulfide) groups is 1. The van der Waals surface area contributed by atoms with Crippen molar-refractivity contribution in [3.05, 3.63) is 52.6 Å². The van der Waals surface area contributed by atoms with Crippen molar-refractivity contribution in [2.75, 3.05) is 6.26 Å². The number of hydrogen-bond acceptors (Lipinski definition) is 6. The minimum absolute atomic E-state index is 0.138. The Morgan fingerprint density at radius 1 is 1.18 bits per heavy atom. The smallest absolute Gasteiger partial charge is 0.306 e. The van der Waals surface area contributed by atoms with E-state index in [4.69, 9.17) is 4.74 Å². The number of esters is 1. The number of halogens is 1. The van der Waals surface area contributed by atoms with Crippen LogP contribution in [0.15, 0.2) is 29.4 Å². The quantitative estimate of drug-likeness (QED) is 0.413. The molecule has 0 spiro atoms. The van der Waals surface area contributed by atoms with Gasteiger partial charge in [-0.15, -0.1) is 0 Å². The van der Waals surface area contributed by atoms with Crippen molar-refractivity contribution in [3.63, 3.8) is 0 Å². The Balaban J connectivity index is 1.82. The molecule has 150 valence electrons. The predicted molar refractivity (Wildman–Crippen MR) is 105 cm³/mol. The first-order valence-corrected chi connectivity index (χ1v) is 10.1. The number of nitrogens with zero attached hydrogens (tertiary/aromatic N) is 2. The summed E-state index contributed by atoms with van der Waals surface area (Å²) in [6.45, 7) is 5.53. The highest BCUT2D eigenvalue weighted by Gasteiger charge is 2.18. The molecule has 0 aliphatic heterocycles.